The molecule has 1 heteroatoms. The van der Waals surface area contributed by atoms with Crippen LogP contribution >= 0.6 is 0 Å². The fourth-order valence-corrected chi connectivity index (χ4v) is 11.1. The van der Waals surface area contributed by atoms with Gasteiger partial charge >= 0.3 is 164 Å². The zero-order valence-corrected chi connectivity index (χ0v) is 17.7. The molecule has 2 atom stereocenters. The Kier molecular flexibility index (Phi) is 4.72. The van der Waals surface area contributed by atoms with Crippen LogP contribution in [0.1, 0.15) is 61.8 Å². The molecule has 2 aromatic rings. The van der Waals surface area contributed by atoms with Gasteiger partial charge in [0.2, 0.25) is 0 Å². The van der Waals surface area contributed by atoms with Gasteiger partial charge in [-0.2, -0.15) is 0 Å². The number of fused-ring (bicyclic) bond motifs is 2. The van der Waals surface area contributed by atoms with E-state index in [0.29, 0.717) is 6.25 Å². The molecule has 0 nitrogen and oxygen atoms in total. The Hall–Kier alpha value is -1.20. The van der Waals surface area contributed by atoms with Gasteiger partial charge in [0.25, 0.3) is 0 Å². The summed E-state index contributed by atoms with van der Waals surface area (Å²) >= 11 is -0.831. The molecule has 2 aromatic carbocycles. The van der Waals surface area contributed by atoms with Crippen LogP contribution in [0.4, 0.5) is 0 Å². The average molecular weight is 406 g/mol. The molecule has 25 heavy (non-hydrogen) atoms. The van der Waals surface area contributed by atoms with Crippen LogP contribution in [0, 0.1) is 0 Å². The van der Waals surface area contributed by atoms with Gasteiger partial charge in [-0.25, -0.2) is 0 Å². The molecule has 2 aliphatic rings. The van der Waals surface area contributed by atoms with Crippen molar-refractivity contribution in [2.75, 3.05) is 0 Å². The van der Waals surface area contributed by atoms with E-state index in [4.69, 9.17) is 0 Å². The van der Waals surface area contributed by atoms with Crippen molar-refractivity contribution in [3.8, 4) is 0 Å². The summed E-state index contributed by atoms with van der Waals surface area (Å²) in [6, 6.07) is 18.2. The summed E-state index contributed by atoms with van der Waals surface area (Å²) in [5.41, 5.74) is 6.13. The van der Waals surface area contributed by atoms with Crippen molar-refractivity contribution in [3.63, 3.8) is 0 Å². The normalized spacial score (nSPS) is 25.8. The molecule has 0 saturated carbocycles. The third kappa shape index (κ3) is 2.85. The zero-order valence-electron chi connectivity index (χ0n) is 15.3. The van der Waals surface area contributed by atoms with E-state index < -0.39 is 23.2 Å². The number of hydrogen-bond donors (Lipinski definition) is 0. The van der Waals surface area contributed by atoms with Gasteiger partial charge in [-0.3, -0.25) is 0 Å². The molecule has 0 bridgehead atoms. The molecule has 2 unspecified atom stereocenters. The minimum atomic E-state index is -0.831. The average Bonchev–Trinajstić information content (AvgIpc) is 3.17. The predicted octanol–water partition coefficient (Wildman–Crippen LogP) is 6.51. The van der Waals surface area contributed by atoms with Gasteiger partial charge in [-0.15, -0.1) is 0 Å². The van der Waals surface area contributed by atoms with Crippen LogP contribution in [0.3, 0.4) is 0 Å². The second-order valence-electron chi connectivity index (χ2n) is 7.41. The van der Waals surface area contributed by atoms with Crippen LogP contribution in [0.5, 0.6) is 0 Å². The first kappa shape index (κ1) is 17.2. The molecule has 0 amide bonds. The van der Waals surface area contributed by atoms with Crippen molar-refractivity contribution in [1.29, 1.82) is 0 Å². The van der Waals surface area contributed by atoms with Gasteiger partial charge in [-0.1, -0.05) is 0 Å². The first-order valence-corrected chi connectivity index (χ1v) is 12.1. The quantitative estimate of drug-likeness (QED) is 0.513. The Morgan fingerprint density at radius 1 is 0.680 bits per heavy atom. The standard InChI is InChI=1S/2C12H13.Zr/c2*1-2-5-10-8-9-11-6-3-4-7-12(10)11;/h2*3-4,6-9H,2,5H2,1H3;. The molecule has 0 saturated heterocycles. The van der Waals surface area contributed by atoms with Gasteiger partial charge in [0.05, 0.1) is 0 Å². The van der Waals surface area contributed by atoms with Crippen molar-refractivity contribution < 1.29 is 23.2 Å². The molecule has 2 aliphatic carbocycles. The van der Waals surface area contributed by atoms with Crippen molar-refractivity contribution >= 4 is 12.2 Å². The molecule has 0 radical (unpaired) electrons. The van der Waals surface area contributed by atoms with E-state index in [1.165, 1.54) is 36.8 Å². The number of benzene rings is 2. The third-order valence-corrected chi connectivity index (χ3v) is 11.3. The first-order valence-electron chi connectivity index (χ1n) is 9.60. The van der Waals surface area contributed by atoms with Crippen LogP contribution in [0.25, 0.3) is 12.2 Å². The van der Waals surface area contributed by atoms with Gasteiger partial charge in [0.1, 0.15) is 0 Å². The molecule has 0 N–H and O–H groups in total. The molecule has 0 fully saturated rings. The minimum absolute atomic E-state index is 0.339. The first-order chi connectivity index (χ1) is 12.2. The van der Waals surface area contributed by atoms with E-state index in [1.807, 2.05) is 0 Å². The van der Waals surface area contributed by atoms with E-state index in [1.54, 1.807) is 11.1 Å². The van der Waals surface area contributed by atoms with E-state index in [9.17, 15) is 0 Å². The SMILES string of the molecule is CCC[C]1([Zr][C]2(CCC)C=Cc3ccccc32)C=Cc2ccccc21. The van der Waals surface area contributed by atoms with E-state index in [-0.39, 0.29) is 0 Å². The molecule has 0 aliphatic heterocycles. The Morgan fingerprint density at radius 3 is 1.56 bits per heavy atom. The zero-order chi connectivity index (χ0) is 17.3. The van der Waals surface area contributed by atoms with Gasteiger partial charge in [0, 0.05) is 0 Å². The number of allylic oxidation sites excluding steroid dienone is 2. The van der Waals surface area contributed by atoms with Crippen LogP contribution < -0.4 is 0 Å². The fourth-order valence-electron chi connectivity index (χ4n) is 4.71. The molecule has 0 spiro atoms. The number of hydrogen-bond acceptors (Lipinski definition) is 0. The summed E-state index contributed by atoms with van der Waals surface area (Å²) in [5.74, 6) is 0. The Balaban J connectivity index is 1.81. The van der Waals surface area contributed by atoms with Gasteiger partial charge < -0.3 is 0 Å². The second kappa shape index (κ2) is 6.84. The Bertz CT molecular complexity index is 762. The molecule has 126 valence electrons. The van der Waals surface area contributed by atoms with Crippen LogP contribution in [0.2, 0.25) is 0 Å². The van der Waals surface area contributed by atoms with Gasteiger partial charge in [0.15, 0.2) is 0 Å². The van der Waals surface area contributed by atoms with Crippen LogP contribution in [-0.2, 0) is 29.5 Å². The van der Waals surface area contributed by atoms with Gasteiger partial charge in [-0.05, 0) is 0 Å². The van der Waals surface area contributed by atoms with Crippen LogP contribution in [0.15, 0.2) is 60.7 Å². The topological polar surface area (TPSA) is 0 Å². The predicted molar refractivity (Wildman–Crippen MR) is 104 cm³/mol. The van der Waals surface area contributed by atoms with E-state index in [2.05, 4.69) is 86.7 Å². The summed E-state index contributed by atoms with van der Waals surface area (Å²) in [4.78, 5) is 0. The molecular formula is C24H26Zr. The maximum atomic E-state index is 2.58. The van der Waals surface area contributed by atoms with Crippen molar-refractivity contribution in [1.82, 2.24) is 0 Å². The Morgan fingerprint density at radius 2 is 1.12 bits per heavy atom. The molecular weight excluding hydrogens is 379 g/mol. The summed E-state index contributed by atoms with van der Waals surface area (Å²) in [5, 5.41) is 0. The summed E-state index contributed by atoms with van der Waals surface area (Å²) in [7, 11) is 0. The molecule has 0 heterocycles. The second-order valence-corrected chi connectivity index (χ2v) is 12.4. The fraction of sp³-hybridized carbons (Fsp3) is 0.333. The van der Waals surface area contributed by atoms with Crippen molar-refractivity contribution in [3.05, 3.63) is 82.9 Å². The van der Waals surface area contributed by atoms with Crippen molar-refractivity contribution in [2.45, 2.75) is 45.8 Å². The maximum absolute atomic E-state index is 2.58. The summed E-state index contributed by atoms with van der Waals surface area (Å²) < 4.78 is 0.678. The molecule has 4 rings (SSSR count). The van der Waals surface area contributed by atoms with E-state index in [0.717, 1.165) is 0 Å². The molecule has 0 aromatic heterocycles. The summed E-state index contributed by atoms with van der Waals surface area (Å²) in [6.07, 6.45) is 15.1. The van der Waals surface area contributed by atoms with Crippen molar-refractivity contribution in [2.24, 2.45) is 0 Å². The van der Waals surface area contributed by atoms with Crippen LogP contribution in [-0.4, -0.2) is 0 Å². The summed E-state index contributed by atoms with van der Waals surface area (Å²) in [6.45, 7) is 4.70. The Labute approximate surface area is 163 Å². The monoisotopic (exact) mass is 404 g/mol. The number of rotatable bonds is 6. The van der Waals surface area contributed by atoms with E-state index >= 15 is 0 Å². The third-order valence-electron chi connectivity index (χ3n) is 5.71.